The summed E-state index contributed by atoms with van der Waals surface area (Å²) in [7, 11) is 0. The summed E-state index contributed by atoms with van der Waals surface area (Å²) in [5, 5.41) is 0.929. The Morgan fingerprint density at radius 3 is 2.22 bits per heavy atom. The Kier molecular flexibility index (Phi) is 6.27. The predicted molar refractivity (Wildman–Crippen MR) is 78.0 cm³/mol. The largest absolute Gasteiger partial charge is 0.336 e. The zero-order chi connectivity index (χ0) is 13.7. The van der Waals surface area contributed by atoms with E-state index in [0.29, 0.717) is 28.0 Å². The molecule has 1 amide bonds. The molecule has 0 radical (unpaired) electrons. The van der Waals surface area contributed by atoms with E-state index in [1.54, 1.807) is 23.1 Å². The molecule has 1 aromatic rings. The summed E-state index contributed by atoms with van der Waals surface area (Å²) in [5.41, 5.74) is 0.510. The second-order valence-corrected chi connectivity index (χ2v) is 5.54. The predicted octanol–water partition coefficient (Wildman–Crippen LogP) is 4.47. The molecule has 0 bridgehead atoms. The van der Waals surface area contributed by atoms with Crippen LogP contribution in [0.1, 0.15) is 30.6 Å². The van der Waals surface area contributed by atoms with Gasteiger partial charge in [0.1, 0.15) is 0 Å². The molecule has 0 saturated heterocycles. The number of benzene rings is 1. The van der Waals surface area contributed by atoms with E-state index >= 15 is 0 Å². The Hall–Kier alpha value is -0.440. The van der Waals surface area contributed by atoms with Gasteiger partial charge in [-0.25, -0.2) is 0 Å². The van der Waals surface area contributed by atoms with E-state index in [1.807, 2.05) is 13.8 Å². The highest BCUT2D eigenvalue weighted by molar-refractivity contribution is 6.35. The highest BCUT2D eigenvalue weighted by atomic mass is 35.5. The molecule has 5 heteroatoms. The summed E-state index contributed by atoms with van der Waals surface area (Å²) >= 11 is 17.5. The number of carbonyl (C=O) groups excluding carboxylic acids is 1. The third-order valence-electron chi connectivity index (χ3n) is 2.53. The van der Waals surface area contributed by atoms with E-state index in [2.05, 4.69) is 0 Å². The Bertz CT molecular complexity index is 400. The maximum Gasteiger partial charge on any atom is 0.254 e. The van der Waals surface area contributed by atoms with Crippen molar-refractivity contribution in [2.75, 3.05) is 12.4 Å². The second kappa shape index (κ2) is 7.22. The first-order chi connectivity index (χ1) is 8.45. The van der Waals surface area contributed by atoms with Crippen LogP contribution < -0.4 is 0 Å². The van der Waals surface area contributed by atoms with Crippen molar-refractivity contribution in [2.45, 2.75) is 26.3 Å². The summed E-state index contributed by atoms with van der Waals surface area (Å²) in [6.45, 7) is 4.57. The average Bonchev–Trinajstić information content (AvgIpc) is 2.27. The van der Waals surface area contributed by atoms with Crippen molar-refractivity contribution in [2.24, 2.45) is 0 Å². The second-order valence-electron chi connectivity index (χ2n) is 4.29. The van der Waals surface area contributed by atoms with Gasteiger partial charge in [0.2, 0.25) is 0 Å². The van der Waals surface area contributed by atoms with Crippen LogP contribution >= 0.6 is 34.8 Å². The van der Waals surface area contributed by atoms with Gasteiger partial charge < -0.3 is 4.90 Å². The minimum absolute atomic E-state index is 0.0699. The van der Waals surface area contributed by atoms with Crippen LogP contribution in [0.5, 0.6) is 0 Å². The first-order valence-corrected chi connectivity index (χ1v) is 7.07. The topological polar surface area (TPSA) is 20.3 Å². The number of halogens is 3. The number of hydrogen-bond donors (Lipinski definition) is 0. The Labute approximate surface area is 123 Å². The molecule has 100 valence electrons. The Morgan fingerprint density at radius 1 is 1.22 bits per heavy atom. The zero-order valence-corrected chi connectivity index (χ0v) is 12.7. The van der Waals surface area contributed by atoms with E-state index in [9.17, 15) is 4.79 Å². The number of rotatable bonds is 5. The van der Waals surface area contributed by atoms with Gasteiger partial charge in [0.15, 0.2) is 0 Å². The van der Waals surface area contributed by atoms with Gasteiger partial charge in [-0.15, -0.1) is 11.6 Å². The van der Waals surface area contributed by atoms with Gasteiger partial charge in [0, 0.05) is 34.1 Å². The lowest BCUT2D eigenvalue weighted by molar-refractivity contribution is 0.0706. The Balaban J connectivity index is 2.94. The maximum atomic E-state index is 12.4. The molecule has 0 saturated carbocycles. The molecular formula is C13H16Cl3NO. The average molecular weight is 309 g/mol. The van der Waals surface area contributed by atoms with Crippen LogP contribution in [0, 0.1) is 0 Å². The summed E-state index contributed by atoms with van der Waals surface area (Å²) in [4.78, 5) is 14.1. The number of nitrogens with zero attached hydrogens (tertiary/aromatic N) is 1. The van der Waals surface area contributed by atoms with Gasteiger partial charge in [0.25, 0.3) is 5.91 Å². The first kappa shape index (κ1) is 15.6. The van der Waals surface area contributed by atoms with Crippen LogP contribution in [-0.4, -0.2) is 29.3 Å². The minimum atomic E-state index is -0.0699. The van der Waals surface area contributed by atoms with Crippen LogP contribution in [0.4, 0.5) is 0 Å². The van der Waals surface area contributed by atoms with Crippen LogP contribution in [0.2, 0.25) is 10.0 Å². The lowest BCUT2D eigenvalue weighted by atomic mass is 10.1. The van der Waals surface area contributed by atoms with E-state index in [1.165, 1.54) is 0 Å². The van der Waals surface area contributed by atoms with E-state index in [0.717, 1.165) is 6.42 Å². The minimum Gasteiger partial charge on any atom is -0.336 e. The van der Waals surface area contributed by atoms with Gasteiger partial charge >= 0.3 is 0 Å². The third-order valence-corrected chi connectivity index (χ3v) is 3.23. The lowest BCUT2D eigenvalue weighted by Gasteiger charge is -2.26. The zero-order valence-electron chi connectivity index (χ0n) is 10.4. The van der Waals surface area contributed by atoms with Gasteiger partial charge in [-0.2, -0.15) is 0 Å². The summed E-state index contributed by atoms with van der Waals surface area (Å²) in [5.74, 6) is 0.465. The molecule has 0 spiro atoms. The number of hydrogen-bond acceptors (Lipinski definition) is 1. The fourth-order valence-electron chi connectivity index (χ4n) is 1.67. The van der Waals surface area contributed by atoms with Gasteiger partial charge in [-0.05, 0) is 38.5 Å². The molecule has 0 N–H and O–H groups in total. The molecule has 18 heavy (non-hydrogen) atoms. The smallest absolute Gasteiger partial charge is 0.254 e. The molecule has 0 heterocycles. The lowest BCUT2D eigenvalue weighted by Crippen LogP contribution is -2.37. The molecule has 1 aromatic carbocycles. The van der Waals surface area contributed by atoms with Crippen molar-refractivity contribution in [3.8, 4) is 0 Å². The molecule has 0 unspecified atom stereocenters. The number of amides is 1. The summed E-state index contributed by atoms with van der Waals surface area (Å²) in [6, 6.07) is 4.98. The quantitative estimate of drug-likeness (QED) is 0.735. The molecule has 0 aliphatic heterocycles. The fourth-order valence-corrected chi connectivity index (χ4v) is 2.31. The fraction of sp³-hybridized carbons (Fsp3) is 0.462. The van der Waals surface area contributed by atoms with Crippen molar-refractivity contribution >= 4 is 40.7 Å². The molecular weight excluding hydrogens is 293 g/mol. The standard InChI is InChI=1S/C13H16Cl3NO/c1-9(2)17(5-3-4-14)13(18)10-6-11(15)8-12(16)7-10/h6-9H,3-5H2,1-2H3. The molecule has 0 fully saturated rings. The number of alkyl halides is 1. The van der Waals surface area contributed by atoms with Crippen molar-refractivity contribution in [1.29, 1.82) is 0 Å². The summed E-state index contributed by atoms with van der Waals surface area (Å²) < 4.78 is 0. The highest BCUT2D eigenvalue weighted by Crippen LogP contribution is 2.21. The van der Waals surface area contributed by atoms with Gasteiger partial charge in [-0.3, -0.25) is 4.79 Å². The Morgan fingerprint density at radius 2 is 1.78 bits per heavy atom. The normalized spacial score (nSPS) is 10.8. The molecule has 0 atom stereocenters. The first-order valence-electron chi connectivity index (χ1n) is 5.78. The van der Waals surface area contributed by atoms with Crippen LogP contribution in [-0.2, 0) is 0 Å². The molecule has 0 aliphatic rings. The van der Waals surface area contributed by atoms with Gasteiger partial charge in [-0.1, -0.05) is 23.2 Å². The SMILES string of the molecule is CC(C)N(CCCCl)C(=O)c1cc(Cl)cc(Cl)c1. The maximum absolute atomic E-state index is 12.4. The molecule has 1 rings (SSSR count). The molecule has 0 aliphatic carbocycles. The van der Waals surface area contributed by atoms with E-state index < -0.39 is 0 Å². The highest BCUT2D eigenvalue weighted by Gasteiger charge is 2.18. The van der Waals surface area contributed by atoms with Crippen LogP contribution in [0.15, 0.2) is 18.2 Å². The van der Waals surface area contributed by atoms with Crippen molar-refractivity contribution < 1.29 is 4.79 Å². The van der Waals surface area contributed by atoms with Crippen molar-refractivity contribution in [3.63, 3.8) is 0 Å². The third kappa shape index (κ3) is 4.34. The number of carbonyl (C=O) groups is 1. The van der Waals surface area contributed by atoms with Crippen molar-refractivity contribution in [3.05, 3.63) is 33.8 Å². The van der Waals surface area contributed by atoms with E-state index in [4.69, 9.17) is 34.8 Å². The van der Waals surface area contributed by atoms with Crippen LogP contribution in [0.3, 0.4) is 0 Å². The van der Waals surface area contributed by atoms with Crippen molar-refractivity contribution in [1.82, 2.24) is 4.90 Å². The van der Waals surface area contributed by atoms with E-state index in [-0.39, 0.29) is 11.9 Å². The van der Waals surface area contributed by atoms with Gasteiger partial charge in [0.05, 0.1) is 0 Å². The molecule has 2 nitrogen and oxygen atoms in total. The monoisotopic (exact) mass is 307 g/mol. The van der Waals surface area contributed by atoms with Crippen LogP contribution in [0.25, 0.3) is 0 Å². The summed E-state index contributed by atoms with van der Waals surface area (Å²) in [6.07, 6.45) is 0.764. The molecule has 0 aromatic heterocycles.